The maximum Gasteiger partial charge on any atom is 0.410 e. The molecule has 23 nitrogen and oxygen atoms in total. The molecule has 2 aliphatic heterocycles. The van der Waals surface area contributed by atoms with Crippen molar-refractivity contribution >= 4 is 96.9 Å². The number of halogens is 1. The lowest BCUT2D eigenvalue weighted by atomic mass is 10.0. The van der Waals surface area contributed by atoms with Gasteiger partial charge in [0.05, 0.1) is 30.0 Å². The molecule has 0 bridgehead atoms. The van der Waals surface area contributed by atoms with E-state index in [2.05, 4.69) is 31.6 Å². The van der Waals surface area contributed by atoms with Crippen LogP contribution in [0.25, 0.3) is 10.9 Å². The van der Waals surface area contributed by atoms with Crippen molar-refractivity contribution in [1.82, 2.24) is 45.3 Å². The fourth-order valence-corrected chi connectivity index (χ4v) is 8.49. The van der Waals surface area contributed by atoms with Gasteiger partial charge in [0.25, 0.3) is 0 Å². The number of pyridine rings is 1. The molecule has 0 spiro atoms. The molecule has 4 heterocycles. The summed E-state index contributed by atoms with van der Waals surface area (Å²) in [5.74, 6) is -3.83. The lowest BCUT2D eigenvalue weighted by Crippen LogP contribution is -2.49. The third-order valence-electron chi connectivity index (χ3n) is 12.5. The largest absolute Gasteiger partial charge is 0.477 e. The van der Waals surface area contributed by atoms with Gasteiger partial charge in [-0.25, -0.2) is 23.5 Å². The van der Waals surface area contributed by atoms with Crippen molar-refractivity contribution in [2.24, 2.45) is 11.7 Å². The number of rotatable bonds is 23. The molecule has 6 rings (SSSR count). The van der Waals surface area contributed by atoms with Crippen molar-refractivity contribution < 1.29 is 52.6 Å². The highest BCUT2D eigenvalue weighted by atomic mass is 32.1. The van der Waals surface area contributed by atoms with E-state index in [-0.39, 0.29) is 141 Å². The van der Waals surface area contributed by atoms with Crippen molar-refractivity contribution in [2.75, 3.05) is 56.0 Å². The molecular formula is C49H69FN12O11S2. The van der Waals surface area contributed by atoms with Crippen LogP contribution in [-0.4, -0.2) is 128 Å². The first-order valence-electron chi connectivity index (χ1n) is 23.9. The van der Waals surface area contributed by atoms with Crippen LogP contribution >= 0.6 is 27.0 Å². The minimum absolute atomic E-state index is 0. The van der Waals surface area contributed by atoms with Crippen molar-refractivity contribution in [2.45, 2.75) is 105 Å². The number of nitrogens with zero attached hydrogens (tertiary/aromatic N) is 7. The number of unbranched alkanes of at least 4 members (excludes halogenated alkanes) is 2. The molecule has 2 saturated heterocycles. The number of likely N-dealkylation sites (tertiary alicyclic amines) is 1. The zero-order chi connectivity index (χ0) is 52.1. The van der Waals surface area contributed by atoms with Crippen molar-refractivity contribution in [3.05, 3.63) is 81.7 Å². The van der Waals surface area contributed by atoms with E-state index in [4.69, 9.17) is 10.5 Å². The van der Waals surface area contributed by atoms with Gasteiger partial charge in [0, 0.05) is 82.3 Å². The van der Waals surface area contributed by atoms with Gasteiger partial charge in [-0.15, -0.1) is 5.10 Å². The average molecular weight is 1090 g/mol. The van der Waals surface area contributed by atoms with Gasteiger partial charge in [0.2, 0.25) is 35.0 Å². The monoisotopic (exact) mass is 1080 g/mol. The zero-order valence-electron chi connectivity index (χ0n) is 41.5. The number of piperazine rings is 1. The summed E-state index contributed by atoms with van der Waals surface area (Å²) in [6.45, 7) is 7.00. The molecule has 0 unspecified atom stereocenters. The van der Waals surface area contributed by atoms with Crippen LogP contribution < -0.4 is 37.3 Å². The van der Waals surface area contributed by atoms with Gasteiger partial charge in [0.1, 0.15) is 29.7 Å². The number of benzene rings is 2. The molecule has 7 N–H and O–H groups in total. The second-order valence-corrected chi connectivity index (χ2v) is 17.9. The fraction of sp³-hybridized carbons (Fsp3) is 0.490. The van der Waals surface area contributed by atoms with Crippen LogP contribution in [0.5, 0.6) is 0 Å². The molecule has 2 aliphatic rings. The standard InChI is InChI=1S/C48H61FN12O11.CH4.2H2S/c1-4-57-26-33(46(68)69)44(66)32-23-34(49)38(24-37(32)57)58-19-21-59(22-20-58)48(71)72-28-30-11-13-31(14-12-30)53-45(67)36(9-8-17-51-47(50)70)61-27-35(55-56-61)43(29(2)3)54-40(63)25-52-39(62)10-6-5-7-18-60-41(64)15-16-42(60)65;;;/h11-14,23-24,26-27,29,36,43H,4-10,15-22,25,28H2,1-3H3,(H,52,62)(H,53,67)(H,54,63)(H,68,69)(H3,50,51,70);1H4;2*1H2/t36-,43-;;;/m0.../s1. The SMILES string of the molecule is C.CCn1cc(C(=O)O)c(=O)c2cc(F)c(N3CCN(C(=O)OCc4ccc(NC(=O)[C@H](CCCNC(N)=O)n5cc([C@@H](NC(=O)CNC(=O)CCCCCN6C(=O)CCC6=O)C(C)C)nn5)cc4)CC3)cc21.S.S. The summed E-state index contributed by atoms with van der Waals surface area (Å²) in [6, 6.07) is 6.97. The van der Waals surface area contributed by atoms with Crippen LogP contribution in [0, 0.1) is 11.7 Å². The smallest absolute Gasteiger partial charge is 0.410 e. The summed E-state index contributed by atoms with van der Waals surface area (Å²) in [5, 5.41) is 28.8. The molecular weight excluding hydrogens is 1020 g/mol. The highest BCUT2D eigenvalue weighted by Gasteiger charge is 2.30. The minimum Gasteiger partial charge on any atom is -0.477 e. The number of ether oxygens (including phenoxy) is 1. The van der Waals surface area contributed by atoms with Crippen LogP contribution in [0.15, 0.2) is 53.6 Å². The summed E-state index contributed by atoms with van der Waals surface area (Å²) in [6.07, 6.45) is 5.18. The number of hydrogen-bond acceptors (Lipinski definition) is 13. The summed E-state index contributed by atoms with van der Waals surface area (Å²) >= 11 is 0. The highest BCUT2D eigenvalue weighted by molar-refractivity contribution is 7.59. The highest BCUT2D eigenvalue weighted by Crippen LogP contribution is 2.28. The van der Waals surface area contributed by atoms with E-state index < -0.39 is 58.8 Å². The van der Waals surface area contributed by atoms with Gasteiger partial charge in [-0.3, -0.25) is 33.7 Å². The predicted octanol–water partition coefficient (Wildman–Crippen LogP) is 4.04. The Morgan fingerprint density at radius 3 is 2.19 bits per heavy atom. The lowest BCUT2D eigenvalue weighted by molar-refractivity contribution is -0.138. The molecule has 410 valence electrons. The van der Waals surface area contributed by atoms with Gasteiger partial charge in [-0.05, 0) is 68.4 Å². The number of carboxylic acids is 1. The van der Waals surface area contributed by atoms with Crippen molar-refractivity contribution in [1.29, 1.82) is 0 Å². The number of nitrogens with two attached hydrogens (primary N) is 1. The zero-order valence-corrected chi connectivity index (χ0v) is 43.5. The number of aryl methyl sites for hydroxylation is 1. The number of nitrogens with one attached hydrogen (secondary N) is 4. The number of urea groups is 1. The lowest BCUT2D eigenvalue weighted by Gasteiger charge is -2.35. The fourth-order valence-electron chi connectivity index (χ4n) is 8.49. The Kier molecular flexibility index (Phi) is 24.0. The molecule has 2 aromatic heterocycles. The Morgan fingerprint density at radius 2 is 1.56 bits per heavy atom. The predicted molar refractivity (Wildman–Crippen MR) is 286 cm³/mol. The molecule has 2 aromatic carbocycles. The van der Waals surface area contributed by atoms with Gasteiger partial charge < -0.3 is 51.2 Å². The quantitative estimate of drug-likeness (QED) is 0.0452. The number of hydrogen-bond donors (Lipinski definition) is 6. The van der Waals surface area contributed by atoms with Crippen molar-refractivity contribution in [3.63, 3.8) is 0 Å². The number of aromatic nitrogens is 4. The summed E-state index contributed by atoms with van der Waals surface area (Å²) in [7, 11) is 0. The number of anilines is 2. The molecule has 0 radical (unpaired) electrons. The van der Waals surface area contributed by atoms with E-state index >= 15 is 4.39 Å². The molecule has 2 atom stereocenters. The number of primary amides is 1. The van der Waals surface area contributed by atoms with Gasteiger partial charge in [0.15, 0.2) is 0 Å². The minimum atomic E-state index is -1.39. The Hall–Kier alpha value is -7.22. The third kappa shape index (κ3) is 16.6. The molecule has 75 heavy (non-hydrogen) atoms. The molecule has 26 heteroatoms. The normalized spacial score (nSPS) is 14.0. The number of carboxylic acid groups (broad SMARTS) is 1. The molecule has 8 amide bonds. The first-order valence-corrected chi connectivity index (χ1v) is 23.9. The van der Waals surface area contributed by atoms with E-state index in [1.807, 2.05) is 13.8 Å². The first-order chi connectivity index (χ1) is 34.4. The van der Waals surface area contributed by atoms with Gasteiger partial charge >= 0.3 is 18.1 Å². The molecule has 2 fully saturated rings. The summed E-state index contributed by atoms with van der Waals surface area (Å²) in [4.78, 5) is 116. The number of carbonyl (C=O) groups excluding carboxylic acids is 7. The number of carbonyl (C=O) groups is 8. The van der Waals surface area contributed by atoms with E-state index in [1.54, 1.807) is 46.9 Å². The number of imide groups is 1. The van der Waals surface area contributed by atoms with Gasteiger partial charge in [-0.2, -0.15) is 27.0 Å². The number of aromatic carboxylic acids is 1. The van der Waals surface area contributed by atoms with Gasteiger partial charge in [-0.1, -0.05) is 45.0 Å². The van der Waals surface area contributed by atoms with E-state index in [0.717, 1.165) is 6.07 Å². The average Bonchev–Trinajstić information content (AvgIpc) is 3.96. The second-order valence-electron chi connectivity index (χ2n) is 17.9. The molecule has 4 aromatic rings. The number of fused-ring (bicyclic) bond motifs is 1. The Bertz CT molecular complexity index is 2720. The second kappa shape index (κ2) is 29.0. The number of amides is 8. The first kappa shape index (κ1) is 62.1. The maximum absolute atomic E-state index is 15.4. The summed E-state index contributed by atoms with van der Waals surface area (Å²) < 4.78 is 23.9. The Morgan fingerprint density at radius 1 is 0.880 bits per heavy atom. The Balaban J connectivity index is 0.00000494. The Labute approximate surface area is 447 Å². The van der Waals surface area contributed by atoms with Crippen LogP contribution in [-0.2, 0) is 41.9 Å². The maximum atomic E-state index is 15.4. The molecule has 0 saturated carbocycles. The van der Waals surface area contributed by atoms with E-state index in [0.29, 0.717) is 61.2 Å². The van der Waals surface area contributed by atoms with Crippen molar-refractivity contribution in [3.8, 4) is 0 Å². The van der Waals surface area contributed by atoms with E-state index in [1.165, 1.54) is 26.7 Å². The van der Waals surface area contributed by atoms with Crippen LogP contribution in [0.4, 0.5) is 25.4 Å². The van der Waals surface area contributed by atoms with E-state index in [9.17, 15) is 48.3 Å². The van der Waals surface area contributed by atoms with Crippen LogP contribution in [0.2, 0.25) is 0 Å². The topological polar surface area (TPSA) is 303 Å². The van der Waals surface area contributed by atoms with Crippen LogP contribution in [0.3, 0.4) is 0 Å². The van der Waals surface area contributed by atoms with Crippen LogP contribution in [0.1, 0.15) is 113 Å². The summed E-state index contributed by atoms with van der Waals surface area (Å²) in [5.41, 5.74) is 6.07. The molecule has 0 aliphatic carbocycles. The third-order valence-corrected chi connectivity index (χ3v) is 12.5.